The zero-order valence-electron chi connectivity index (χ0n) is 8.52. The summed E-state index contributed by atoms with van der Waals surface area (Å²) in [5.41, 5.74) is 3.09. The Morgan fingerprint density at radius 3 is 2.57 bits per heavy atom. The molecule has 0 saturated heterocycles. The van der Waals surface area contributed by atoms with E-state index < -0.39 is 0 Å². The van der Waals surface area contributed by atoms with Crippen molar-refractivity contribution in [1.82, 2.24) is 19.7 Å². The minimum atomic E-state index is 0.799. The molecule has 2 rings (SSSR count). The normalized spacial score (nSPS) is 10.5. The van der Waals surface area contributed by atoms with E-state index in [-0.39, 0.29) is 0 Å². The van der Waals surface area contributed by atoms with Crippen LogP contribution < -0.4 is 0 Å². The smallest absolute Gasteiger partial charge is 0.182 e. The van der Waals surface area contributed by atoms with Gasteiger partial charge in [0.2, 0.25) is 0 Å². The minimum Gasteiger partial charge on any atom is -0.315 e. The van der Waals surface area contributed by atoms with Crippen molar-refractivity contribution in [1.29, 1.82) is 0 Å². The van der Waals surface area contributed by atoms with E-state index in [0.717, 1.165) is 17.2 Å². The van der Waals surface area contributed by atoms with E-state index in [1.54, 1.807) is 6.33 Å². The van der Waals surface area contributed by atoms with Crippen LogP contribution in [0.15, 0.2) is 18.5 Å². The van der Waals surface area contributed by atoms with Crippen LogP contribution in [0.5, 0.6) is 0 Å². The lowest BCUT2D eigenvalue weighted by Crippen LogP contribution is -1.96. The van der Waals surface area contributed by atoms with Crippen LogP contribution in [-0.4, -0.2) is 19.7 Å². The van der Waals surface area contributed by atoms with E-state index in [1.165, 1.54) is 5.56 Å². The Morgan fingerprint density at radius 1 is 1.21 bits per heavy atom. The highest BCUT2D eigenvalue weighted by atomic mass is 15.3. The van der Waals surface area contributed by atoms with Gasteiger partial charge >= 0.3 is 0 Å². The molecule has 0 unspecified atom stereocenters. The van der Waals surface area contributed by atoms with Gasteiger partial charge in [-0.15, -0.1) is 10.2 Å². The molecule has 0 amide bonds. The highest BCUT2D eigenvalue weighted by Crippen LogP contribution is 2.14. The number of hydrogen-bond donors (Lipinski definition) is 0. The largest absolute Gasteiger partial charge is 0.315 e. The molecule has 0 atom stereocenters. The predicted molar refractivity (Wildman–Crippen MR) is 53.7 cm³/mol. The standard InChI is InChI=1S/C10H12N4/c1-7-4-5-9(12-8(7)2)10-13-11-6-14(10)3/h4-6H,1-3H3. The van der Waals surface area contributed by atoms with E-state index in [4.69, 9.17) is 0 Å². The van der Waals surface area contributed by atoms with Gasteiger partial charge in [0, 0.05) is 12.7 Å². The van der Waals surface area contributed by atoms with Crippen LogP contribution in [-0.2, 0) is 7.05 Å². The van der Waals surface area contributed by atoms with Crippen LogP contribution in [0.4, 0.5) is 0 Å². The summed E-state index contributed by atoms with van der Waals surface area (Å²) in [5, 5.41) is 7.83. The lowest BCUT2D eigenvalue weighted by Gasteiger charge is -2.02. The summed E-state index contributed by atoms with van der Waals surface area (Å²) >= 11 is 0. The van der Waals surface area contributed by atoms with Gasteiger partial charge in [0.05, 0.1) is 0 Å². The summed E-state index contributed by atoms with van der Waals surface area (Å²) < 4.78 is 1.86. The van der Waals surface area contributed by atoms with Crippen LogP contribution in [0.1, 0.15) is 11.3 Å². The third-order valence-corrected chi connectivity index (χ3v) is 2.29. The Hall–Kier alpha value is -1.71. The van der Waals surface area contributed by atoms with Gasteiger partial charge in [-0.05, 0) is 25.5 Å². The zero-order chi connectivity index (χ0) is 10.1. The molecule has 0 spiro atoms. The first-order chi connectivity index (χ1) is 6.68. The SMILES string of the molecule is Cc1ccc(-c2nncn2C)nc1C. The summed E-state index contributed by atoms with van der Waals surface area (Å²) in [4.78, 5) is 4.45. The van der Waals surface area contributed by atoms with E-state index in [0.29, 0.717) is 0 Å². The molecule has 2 aromatic heterocycles. The lowest BCUT2D eigenvalue weighted by atomic mass is 10.2. The third-order valence-electron chi connectivity index (χ3n) is 2.29. The number of hydrogen-bond acceptors (Lipinski definition) is 3. The molecular weight excluding hydrogens is 176 g/mol. The molecule has 72 valence electrons. The second kappa shape index (κ2) is 3.21. The van der Waals surface area contributed by atoms with Gasteiger partial charge in [-0.2, -0.15) is 0 Å². The Kier molecular flexibility index (Phi) is 2.04. The second-order valence-electron chi connectivity index (χ2n) is 3.36. The van der Waals surface area contributed by atoms with Gasteiger partial charge < -0.3 is 4.57 Å². The second-order valence-corrected chi connectivity index (χ2v) is 3.36. The fraction of sp³-hybridized carbons (Fsp3) is 0.300. The molecule has 0 aliphatic rings. The van der Waals surface area contributed by atoms with E-state index in [9.17, 15) is 0 Å². The highest BCUT2D eigenvalue weighted by molar-refractivity contribution is 5.49. The first kappa shape index (κ1) is 8.87. The fourth-order valence-electron chi connectivity index (χ4n) is 1.27. The summed E-state index contributed by atoms with van der Waals surface area (Å²) in [6.07, 6.45) is 1.67. The van der Waals surface area contributed by atoms with Gasteiger partial charge in [0.1, 0.15) is 12.0 Å². The average molecular weight is 188 g/mol. The van der Waals surface area contributed by atoms with E-state index >= 15 is 0 Å². The quantitative estimate of drug-likeness (QED) is 0.681. The van der Waals surface area contributed by atoms with E-state index in [2.05, 4.69) is 15.2 Å². The topological polar surface area (TPSA) is 43.6 Å². The Balaban J connectivity index is 2.53. The van der Waals surface area contributed by atoms with Crippen LogP contribution in [0, 0.1) is 13.8 Å². The first-order valence-electron chi connectivity index (χ1n) is 4.47. The van der Waals surface area contributed by atoms with Crippen molar-refractivity contribution in [2.45, 2.75) is 13.8 Å². The van der Waals surface area contributed by atoms with Crippen molar-refractivity contribution in [2.24, 2.45) is 7.05 Å². The lowest BCUT2D eigenvalue weighted by molar-refractivity contribution is 0.911. The maximum absolute atomic E-state index is 4.45. The van der Waals surface area contributed by atoms with E-state index in [1.807, 2.05) is 37.6 Å². The molecule has 0 saturated carbocycles. The third kappa shape index (κ3) is 1.39. The van der Waals surface area contributed by atoms with Crippen molar-refractivity contribution < 1.29 is 0 Å². The molecule has 0 radical (unpaired) electrons. The van der Waals surface area contributed by atoms with Crippen molar-refractivity contribution in [3.8, 4) is 11.5 Å². The molecule has 0 fully saturated rings. The van der Waals surface area contributed by atoms with Crippen LogP contribution in [0.3, 0.4) is 0 Å². The zero-order valence-corrected chi connectivity index (χ0v) is 8.52. The molecule has 0 aliphatic heterocycles. The van der Waals surface area contributed by atoms with Crippen LogP contribution in [0.25, 0.3) is 11.5 Å². The van der Waals surface area contributed by atoms with Crippen molar-refractivity contribution in [2.75, 3.05) is 0 Å². The van der Waals surface area contributed by atoms with Crippen LogP contribution >= 0.6 is 0 Å². The summed E-state index contributed by atoms with van der Waals surface area (Å²) in [6.45, 7) is 4.04. The van der Waals surface area contributed by atoms with Gasteiger partial charge in [0.25, 0.3) is 0 Å². The first-order valence-corrected chi connectivity index (χ1v) is 4.47. The van der Waals surface area contributed by atoms with Gasteiger partial charge in [0.15, 0.2) is 5.82 Å². The molecule has 2 aromatic rings. The molecule has 4 heteroatoms. The molecule has 2 heterocycles. The van der Waals surface area contributed by atoms with Crippen LogP contribution in [0.2, 0.25) is 0 Å². The minimum absolute atomic E-state index is 0.799. The summed E-state index contributed by atoms with van der Waals surface area (Å²) in [7, 11) is 1.91. The Labute approximate surface area is 82.6 Å². The number of nitrogens with zero attached hydrogens (tertiary/aromatic N) is 4. The van der Waals surface area contributed by atoms with Crippen molar-refractivity contribution in [3.63, 3.8) is 0 Å². The summed E-state index contributed by atoms with van der Waals surface area (Å²) in [5.74, 6) is 0.799. The van der Waals surface area contributed by atoms with Crippen molar-refractivity contribution >= 4 is 0 Å². The molecular formula is C10H12N4. The summed E-state index contributed by atoms with van der Waals surface area (Å²) in [6, 6.07) is 4.01. The van der Waals surface area contributed by atoms with Gasteiger partial charge in [-0.25, -0.2) is 4.98 Å². The predicted octanol–water partition coefficient (Wildman–Crippen LogP) is 1.49. The molecule has 14 heavy (non-hydrogen) atoms. The Morgan fingerprint density at radius 2 is 2.00 bits per heavy atom. The highest BCUT2D eigenvalue weighted by Gasteiger charge is 2.06. The fourth-order valence-corrected chi connectivity index (χ4v) is 1.27. The van der Waals surface area contributed by atoms with Gasteiger partial charge in [-0.3, -0.25) is 0 Å². The maximum Gasteiger partial charge on any atom is 0.182 e. The van der Waals surface area contributed by atoms with Gasteiger partial charge in [-0.1, -0.05) is 6.07 Å². The molecule has 0 aromatic carbocycles. The number of aryl methyl sites for hydroxylation is 3. The average Bonchev–Trinajstić information content (AvgIpc) is 2.57. The number of aromatic nitrogens is 4. The maximum atomic E-state index is 4.45. The monoisotopic (exact) mass is 188 g/mol. The number of pyridine rings is 1. The molecule has 0 aliphatic carbocycles. The molecule has 0 bridgehead atoms. The number of rotatable bonds is 1. The molecule has 4 nitrogen and oxygen atoms in total. The molecule has 0 N–H and O–H groups in total. The Bertz CT molecular complexity index is 459. The van der Waals surface area contributed by atoms with Crippen molar-refractivity contribution in [3.05, 3.63) is 29.7 Å².